The van der Waals surface area contributed by atoms with Gasteiger partial charge in [0.1, 0.15) is 0 Å². The fourth-order valence-corrected chi connectivity index (χ4v) is 2.62. The Hall–Kier alpha value is -1.06. The number of carbonyl (C=O) groups excluding carboxylic acids is 1. The van der Waals surface area contributed by atoms with Gasteiger partial charge in [0.15, 0.2) is 0 Å². The third-order valence-electron chi connectivity index (χ3n) is 3.45. The molecule has 1 aromatic carbocycles. The highest BCUT2D eigenvalue weighted by Crippen LogP contribution is 2.33. The summed E-state index contributed by atoms with van der Waals surface area (Å²) < 4.78 is 0. The lowest BCUT2D eigenvalue weighted by atomic mass is 10.0. The molecule has 17 heavy (non-hydrogen) atoms. The highest BCUT2D eigenvalue weighted by molar-refractivity contribution is 6.30. The number of hydrogen-bond donors (Lipinski definition) is 1. The van der Waals surface area contributed by atoms with Crippen molar-refractivity contribution in [2.75, 3.05) is 11.5 Å². The normalized spacial score (nSPS) is 24.5. The van der Waals surface area contributed by atoms with Crippen molar-refractivity contribution in [3.05, 3.63) is 28.8 Å². The number of halogens is 1. The zero-order chi connectivity index (χ0) is 12.6. The van der Waals surface area contributed by atoms with Gasteiger partial charge >= 0.3 is 0 Å². The predicted molar refractivity (Wildman–Crippen MR) is 68.3 cm³/mol. The van der Waals surface area contributed by atoms with E-state index in [-0.39, 0.29) is 24.5 Å². The molecule has 1 amide bonds. The Morgan fingerprint density at radius 2 is 2.24 bits per heavy atom. The van der Waals surface area contributed by atoms with Gasteiger partial charge in [-0.25, -0.2) is 0 Å². The van der Waals surface area contributed by atoms with Crippen LogP contribution in [0.1, 0.15) is 18.9 Å². The number of hydrogen-bond acceptors (Lipinski definition) is 2. The van der Waals surface area contributed by atoms with Crippen molar-refractivity contribution < 1.29 is 9.90 Å². The summed E-state index contributed by atoms with van der Waals surface area (Å²) in [5.41, 5.74) is 1.87. The lowest BCUT2D eigenvalue weighted by Gasteiger charge is -2.25. The Morgan fingerprint density at radius 3 is 2.76 bits per heavy atom. The minimum Gasteiger partial charge on any atom is -0.396 e. The Bertz CT molecular complexity index is 447. The molecule has 2 unspecified atom stereocenters. The zero-order valence-electron chi connectivity index (χ0n) is 9.98. The number of aliphatic hydroxyl groups excluding tert-OH is 1. The molecule has 2 atom stereocenters. The molecule has 1 aliphatic heterocycles. The molecule has 0 radical (unpaired) electrons. The fourth-order valence-electron chi connectivity index (χ4n) is 2.39. The number of carbonyl (C=O) groups is 1. The molecule has 1 saturated heterocycles. The van der Waals surface area contributed by atoms with E-state index in [9.17, 15) is 9.90 Å². The van der Waals surface area contributed by atoms with Crippen molar-refractivity contribution in [3.63, 3.8) is 0 Å². The molecule has 1 N–H and O–H groups in total. The number of aliphatic hydroxyl groups is 1. The van der Waals surface area contributed by atoms with E-state index in [0.717, 1.165) is 11.3 Å². The molecule has 1 aliphatic rings. The first kappa shape index (κ1) is 12.4. The molecule has 0 spiro atoms. The third-order valence-corrected chi connectivity index (χ3v) is 3.68. The number of benzene rings is 1. The van der Waals surface area contributed by atoms with E-state index in [1.165, 1.54) is 0 Å². The average Bonchev–Trinajstić information content (AvgIpc) is 2.55. The minimum atomic E-state index is 0.0255. The van der Waals surface area contributed by atoms with Gasteiger partial charge < -0.3 is 10.0 Å². The van der Waals surface area contributed by atoms with Crippen LogP contribution in [-0.2, 0) is 4.79 Å². The summed E-state index contributed by atoms with van der Waals surface area (Å²) in [6.45, 7) is 3.96. The van der Waals surface area contributed by atoms with Crippen LogP contribution in [-0.4, -0.2) is 23.7 Å². The zero-order valence-corrected chi connectivity index (χ0v) is 10.7. The third kappa shape index (κ3) is 2.17. The Balaban J connectivity index is 2.36. The maximum absolute atomic E-state index is 12.0. The Kier molecular flexibility index (Phi) is 3.40. The van der Waals surface area contributed by atoms with E-state index in [1.54, 1.807) is 11.0 Å². The van der Waals surface area contributed by atoms with Gasteiger partial charge in [-0.2, -0.15) is 0 Å². The van der Waals surface area contributed by atoms with E-state index in [1.807, 2.05) is 26.0 Å². The molecule has 1 heterocycles. The highest BCUT2D eigenvalue weighted by atomic mass is 35.5. The van der Waals surface area contributed by atoms with Gasteiger partial charge in [-0.3, -0.25) is 4.79 Å². The van der Waals surface area contributed by atoms with Crippen molar-refractivity contribution in [1.82, 2.24) is 0 Å². The van der Waals surface area contributed by atoms with E-state index < -0.39 is 0 Å². The Morgan fingerprint density at radius 1 is 1.53 bits per heavy atom. The summed E-state index contributed by atoms with van der Waals surface area (Å²) >= 11 is 5.91. The van der Waals surface area contributed by atoms with E-state index in [4.69, 9.17) is 11.6 Å². The molecular weight excluding hydrogens is 238 g/mol. The maximum Gasteiger partial charge on any atom is 0.227 e. The van der Waals surface area contributed by atoms with Gasteiger partial charge in [-0.05, 0) is 37.6 Å². The summed E-state index contributed by atoms with van der Waals surface area (Å²) in [6, 6.07) is 5.54. The van der Waals surface area contributed by atoms with Gasteiger partial charge in [0.25, 0.3) is 0 Å². The van der Waals surface area contributed by atoms with Crippen molar-refractivity contribution in [2.45, 2.75) is 26.3 Å². The van der Waals surface area contributed by atoms with Crippen LogP contribution in [0.4, 0.5) is 5.69 Å². The van der Waals surface area contributed by atoms with Crippen molar-refractivity contribution >= 4 is 23.2 Å². The fraction of sp³-hybridized carbons (Fsp3) is 0.462. The average molecular weight is 254 g/mol. The largest absolute Gasteiger partial charge is 0.396 e. The van der Waals surface area contributed by atoms with Crippen LogP contribution in [0, 0.1) is 12.8 Å². The van der Waals surface area contributed by atoms with Gasteiger partial charge in [-0.1, -0.05) is 11.6 Å². The number of rotatable bonds is 2. The van der Waals surface area contributed by atoms with Crippen LogP contribution in [0.3, 0.4) is 0 Å². The van der Waals surface area contributed by atoms with Crippen LogP contribution in [0.5, 0.6) is 0 Å². The molecule has 0 aromatic heterocycles. The van der Waals surface area contributed by atoms with E-state index >= 15 is 0 Å². The first-order valence-corrected chi connectivity index (χ1v) is 6.11. The summed E-state index contributed by atoms with van der Waals surface area (Å²) in [5, 5.41) is 9.90. The van der Waals surface area contributed by atoms with Crippen LogP contribution >= 0.6 is 11.6 Å². The second kappa shape index (κ2) is 4.67. The highest BCUT2D eigenvalue weighted by Gasteiger charge is 2.37. The smallest absolute Gasteiger partial charge is 0.227 e. The summed E-state index contributed by atoms with van der Waals surface area (Å²) in [4.78, 5) is 13.7. The topological polar surface area (TPSA) is 40.5 Å². The lowest BCUT2D eigenvalue weighted by Crippen LogP contribution is -2.34. The predicted octanol–water partition coefficient (Wildman–Crippen LogP) is 2.38. The second-order valence-electron chi connectivity index (χ2n) is 4.58. The Labute approximate surface area is 106 Å². The van der Waals surface area contributed by atoms with Gasteiger partial charge in [0.05, 0.1) is 0 Å². The summed E-state index contributed by atoms with van der Waals surface area (Å²) in [7, 11) is 0. The molecule has 0 saturated carbocycles. The molecule has 3 nitrogen and oxygen atoms in total. The van der Waals surface area contributed by atoms with Crippen LogP contribution < -0.4 is 4.90 Å². The number of anilines is 1. The first-order chi connectivity index (χ1) is 8.04. The maximum atomic E-state index is 12.0. The first-order valence-electron chi connectivity index (χ1n) is 5.73. The summed E-state index contributed by atoms with van der Waals surface area (Å²) in [5.74, 6) is 0.0968. The molecule has 0 aliphatic carbocycles. The SMILES string of the molecule is Cc1cc(Cl)ccc1N1C(=O)CC(CO)C1C. The molecular formula is C13H16ClNO2. The van der Waals surface area contributed by atoms with Crippen LogP contribution in [0.25, 0.3) is 0 Å². The molecule has 92 valence electrons. The standard InChI is InChI=1S/C13H16ClNO2/c1-8-5-11(14)3-4-12(8)15-9(2)10(7-16)6-13(15)17/h3-5,9-10,16H,6-7H2,1-2H3. The van der Waals surface area contributed by atoms with Crippen LogP contribution in [0.15, 0.2) is 18.2 Å². The quantitative estimate of drug-likeness (QED) is 0.879. The second-order valence-corrected chi connectivity index (χ2v) is 5.02. The van der Waals surface area contributed by atoms with Crippen molar-refractivity contribution in [2.24, 2.45) is 5.92 Å². The summed E-state index contributed by atoms with van der Waals surface area (Å²) in [6.07, 6.45) is 0.416. The number of amides is 1. The van der Waals surface area contributed by atoms with Gasteiger partial charge in [0, 0.05) is 35.7 Å². The minimum absolute atomic E-state index is 0.0255. The van der Waals surface area contributed by atoms with Crippen LogP contribution in [0.2, 0.25) is 5.02 Å². The molecule has 4 heteroatoms. The molecule has 0 bridgehead atoms. The van der Waals surface area contributed by atoms with E-state index in [2.05, 4.69) is 0 Å². The number of nitrogens with zero attached hydrogens (tertiary/aromatic N) is 1. The molecule has 1 aromatic rings. The van der Waals surface area contributed by atoms with Gasteiger partial charge in [-0.15, -0.1) is 0 Å². The van der Waals surface area contributed by atoms with Gasteiger partial charge in [0.2, 0.25) is 5.91 Å². The van der Waals surface area contributed by atoms with Crippen molar-refractivity contribution in [1.29, 1.82) is 0 Å². The molecule has 1 fully saturated rings. The lowest BCUT2D eigenvalue weighted by molar-refractivity contribution is -0.117. The number of aryl methyl sites for hydroxylation is 1. The van der Waals surface area contributed by atoms with Crippen molar-refractivity contribution in [3.8, 4) is 0 Å². The monoisotopic (exact) mass is 253 g/mol. The van der Waals surface area contributed by atoms with E-state index in [0.29, 0.717) is 11.4 Å². The molecule has 2 rings (SSSR count).